The van der Waals surface area contributed by atoms with Gasteiger partial charge in [-0.1, -0.05) is 13.0 Å². The number of pyridine rings is 1. The molecule has 4 aliphatic rings. The van der Waals surface area contributed by atoms with Crippen molar-refractivity contribution in [3.63, 3.8) is 0 Å². The van der Waals surface area contributed by atoms with Crippen LogP contribution in [0.1, 0.15) is 31.7 Å². The highest BCUT2D eigenvalue weighted by Crippen LogP contribution is 2.42. The number of phenolic OH excluding ortho intramolecular Hbond substituents is 1. The van der Waals surface area contributed by atoms with Crippen LogP contribution < -0.4 is 9.64 Å². The number of aryl methyl sites for hydroxylation is 1. The fourth-order valence-electron chi connectivity index (χ4n) is 8.28. The quantitative estimate of drug-likeness (QED) is 0.310. The number of aromatic nitrogens is 3. The SMILES string of the molecule is CCc1c(F)ccc2cc(O)cc(-c3ncc4c(N5CC6COCC(C5)C6O)nc(OC[C@@]56CCCN5C[C@H](F)C6)nc4c3F)c12. The first-order valence-electron chi connectivity index (χ1n) is 16.1. The number of phenols is 1. The van der Waals surface area contributed by atoms with Gasteiger partial charge in [-0.25, -0.2) is 13.2 Å². The number of benzene rings is 2. The summed E-state index contributed by atoms with van der Waals surface area (Å²) in [5.74, 6) is -1.15. The molecule has 4 saturated heterocycles. The Morgan fingerprint density at radius 1 is 1.11 bits per heavy atom. The number of anilines is 1. The molecule has 2 N–H and O–H groups in total. The number of aliphatic hydroxyl groups excluding tert-OH is 1. The van der Waals surface area contributed by atoms with Gasteiger partial charge in [0.2, 0.25) is 0 Å². The second-order valence-corrected chi connectivity index (χ2v) is 13.3. The third-order valence-corrected chi connectivity index (χ3v) is 10.5. The second-order valence-electron chi connectivity index (χ2n) is 13.3. The van der Waals surface area contributed by atoms with Gasteiger partial charge in [-0.2, -0.15) is 9.97 Å². The van der Waals surface area contributed by atoms with Gasteiger partial charge in [-0.05, 0) is 60.3 Å². The molecule has 4 fully saturated rings. The summed E-state index contributed by atoms with van der Waals surface area (Å²) < 4.78 is 58.2. The highest BCUT2D eigenvalue weighted by Gasteiger charge is 2.49. The maximum absolute atomic E-state index is 16.9. The van der Waals surface area contributed by atoms with Crippen LogP contribution in [0.15, 0.2) is 30.5 Å². The van der Waals surface area contributed by atoms with Gasteiger partial charge in [0.05, 0.1) is 30.2 Å². The van der Waals surface area contributed by atoms with Crippen molar-refractivity contribution in [1.82, 2.24) is 19.9 Å². The van der Waals surface area contributed by atoms with Gasteiger partial charge in [0.15, 0.2) is 5.82 Å². The Bertz CT molecular complexity index is 1830. The average Bonchev–Trinajstić information content (AvgIpc) is 3.55. The number of aliphatic hydroxyl groups is 1. The van der Waals surface area contributed by atoms with Crippen LogP contribution in [0.5, 0.6) is 11.8 Å². The number of nitrogens with zero attached hydrogens (tertiary/aromatic N) is 5. The van der Waals surface area contributed by atoms with E-state index in [1.807, 2.05) is 11.8 Å². The number of piperidine rings is 1. The molecule has 6 heterocycles. The first kappa shape index (κ1) is 29.6. The van der Waals surface area contributed by atoms with Gasteiger partial charge in [0, 0.05) is 49.7 Å². The molecule has 8 rings (SSSR count). The molecule has 9 nitrogen and oxygen atoms in total. The lowest BCUT2D eigenvalue weighted by Crippen LogP contribution is -2.55. The van der Waals surface area contributed by atoms with Crippen LogP contribution in [0, 0.1) is 23.5 Å². The fourth-order valence-corrected chi connectivity index (χ4v) is 8.28. The number of hydrogen-bond donors (Lipinski definition) is 2. The lowest BCUT2D eigenvalue weighted by molar-refractivity contribution is -0.0870. The Labute approximate surface area is 264 Å². The molecule has 2 bridgehead atoms. The number of ether oxygens (including phenoxy) is 2. The minimum atomic E-state index is -0.931. The molecule has 4 aromatic rings. The van der Waals surface area contributed by atoms with Crippen LogP contribution >= 0.6 is 0 Å². The van der Waals surface area contributed by atoms with E-state index in [2.05, 4.69) is 14.9 Å². The average molecular weight is 636 g/mol. The van der Waals surface area contributed by atoms with Crippen LogP contribution in [-0.2, 0) is 11.2 Å². The Morgan fingerprint density at radius 3 is 2.70 bits per heavy atom. The highest BCUT2D eigenvalue weighted by molar-refractivity contribution is 6.01. The lowest BCUT2D eigenvalue weighted by Gasteiger charge is -2.45. The predicted molar refractivity (Wildman–Crippen MR) is 166 cm³/mol. The smallest absolute Gasteiger partial charge is 0.319 e. The highest BCUT2D eigenvalue weighted by atomic mass is 19.1. The number of rotatable bonds is 6. The van der Waals surface area contributed by atoms with Gasteiger partial charge in [0.25, 0.3) is 0 Å². The van der Waals surface area contributed by atoms with Crippen molar-refractivity contribution in [3.8, 4) is 23.0 Å². The Balaban J connectivity index is 1.27. The first-order chi connectivity index (χ1) is 22.2. The largest absolute Gasteiger partial charge is 0.508 e. The van der Waals surface area contributed by atoms with Crippen molar-refractivity contribution in [2.45, 2.75) is 50.4 Å². The molecule has 46 heavy (non-hydrogen) atoms. The minimum Gasteiger partial charge on any atom is -0.508 e. The monoisotopic (exact) mass is 635 g/mol. The fraction of sp³-hybridized carbons (Fsp3) is 0.500. The van der Waals surface area contributed by atoms with E-state index in [-0.39, 0.29) is 47.0 Å². The van der Waals surface area contributed by atoms with E-state index >= 15 is 4.39 Å². The van der Waals surface area contributed by atoms with Crippen molar-refractivity contribution >= 4 is 27.5 Å². The summed E-state index contributed by atoms with van der Waals surface area (Å²) in [6.45, 7) is 4.84. The van der Waals surface area contributed by atoms with Gasteiger partial charge >= 0.3 is 6.01 Å². The van der Waals surface area contributed by atoms with Crippen molar-refractivity contribution in [2.24, 2.45) is 11.8 Å². The summed E-state index contributed by atoms with van der Waals surface area (Å²) in [4.78, 5) is 18.0. The molecule has 2 unspecified atom stereocenters. The first-order valence-corrected chi connectivity index (χ1v) is 16.1. The third kappa shape index (κ3) is 4.75. The van der Waals surface area contributed by atoms with Gasteiger partial charge < -0.3 is 24.6 Å². The van der Waals surface area contributed by atoms with E-state index in [0.29, 0.717) is 73.2 Å². The summed E-state index contributed by atoms with van der Waals surface area (Å²) in [6.07, 6.45) is 2.53. The molecule has 12 heteroatoms. The number of alkyl halides is 1. The number of aromatic hydroxyl groups is 1. The van der Waals surface area contributed by atoms with Crippen LogP contribution in [-0.4, -0.2) is 93.9 Å². The van der Waals surface area contributed by atoms with Crippen molar-refractivity contribution in [3.05, 3.63) is 47.7 Å². The predicted octanol–water partition coefficient (Wildman–Crippen LogP) is 4.79. The summed E-state index contributed by atoms with van der Waals surface area (Å²) >= 11 is 0. The molecule has 0 spiro atoms. The molecule has 4 atom stereocenters. The summed E-state index contributed by atoms with van der Waals surface area (Å²) in [5.41, 5.74) is 0.0794. The van der Waals surface area contributed by atoms with E-state index in [1.165, 1.54) is 24.4 Å². The third-order valence-electron chi connectivity index (χ3n) is 10.5. The number of hydrogen-bond acceptors (Lipinski definition) is 9. The van der Waals surface area contributed by atoms with E-state index in [9.17, 15) is 19.0 Å². The molecule has 0 aliphatic carbocycles. The van der Waals surface area contributed by atoms with E-state index in [1.54, 1.807) is 6.07 Å². The van der Waals surface area contributed by atoms with Gasteiger partial charge in [-0.15, -0.1) is 0 Å². The van der Waals surface area contributed by atoms with E-state index < -0.39 is 29.4 Å². The van der Waals surface area contributed by atoms with Crippen molar-refractivity contribution < 1.29 is 32.9 Å². The summed E-state index contributed by atoms with van der Waals surface area (Å²) in [5, 5.41) is 22.8. The number of fused-ring (bicyclic) bond motifs is 5. The molecular weight excluding hydrogens is 599 g/mol. The molecule has 242 valence electrons. The van der Waals surface area contributed by atoms with E-state index in [4.69, 9.17) is 14.5 Å². The van der Waals surface area contributed by atoms with Crippen LogP contribution in [0.25, 0.3) is 32.9 Å². The van der Waals surface area contributed by atoms with E-state index in [0.717, 1.165) is 19.4 Å². The van der Waals surface area contributed by atoms with Crippen LogP contribution in [0.2, 0.25) is 0 Å². The zero-order valence-corrected chi connectivity index (χ0v) is 25.6. The van der Waals surface area contributed by atoms with Gasteiger partial charge in [0.1, 0.15) is 41.4 Å². The number of halogens is 3. The summed E-state index contributed by atoms with van der Waals surface area (Å²) in [7, 11) is 0. The maximum atomic E-state index is 16.9. The molecule has 0 saturated carbocycles. The lowest BCUT2D eigenvalue weighted by atomic mass is 9.85. The zero-order valence-electron chi connectivity index (χ0n) is 25.6. The van der Waals surface area contributed by atoms with Gasteiger partial charge in [-0.3, -0.25) is 9.88 Å². The molecule has 0 amide bonds. The second kappa shape index (κ2) is 11.2. The minimum absolute atomic E-state index is 0.0287. The molecule has 0 radical (unpaired) electrons. The summed E-state index contributed by atoms with van der Waals surface area (Å²) in [6, 6.07) is 5.78. The Kier molecular flexibility index (Phi) is 7.22. The molecule has 4 aliphatic heterocycles. The van der Waals surface area contributed by atoms with Crippen molar-refractivity contribution in [2.75, 3.05) is 50.9 Å². The molecular formula is C34H36F3N5O4. The van der Waals surface area contributed by atoms with Crippen molar-refractivity contribution in [1.29, 1.82) is 0 Å². The normalized spacial score (nSPS) is 27.9. The maximum Gasteiger partial charge on any atom is 0.319 e. The van der Waals surface area contributed by atoms with Crippen LogP contribution in [0.4, 0.5) is 19.0 Å². The molecule has 2 aromatic carbocycles. The molecule has 2 aromatic heterocycles. The Hall–Kier alpha value is -3.74. The Morgan fingerprint density at radius 2 is 1.91 bits per heavy atom. The standard InChI is InChI=1S/C34H36F3N5O4/c1-2-23-26(36)5-4-18-8-22(43)9-24(27(18)23)29-28(37)30-25(11-38-29)32(41-12-19-15-45-16-20(13-41)31(19)44)40-33(39-30)46-17-34-6-3-7-42(34)14-21(35)10-34/h4-5,8-9,11,19-21,31,43-44H,2-3,6-7,10,12-17H2,1H3/t19?,20?,21-,31?,34+/m1/s1. The topological polar surface area (TPSA) is 104 Å². The van der Waals surface area contributed by atoms with Crippen LogP contribution in [0.3, 0.4) is 0 Å². The zero-order chi connectivity index (χ0) is 31.7.